The van der Waals surface area contributed by atoms with Crippen LogP contribution in [0.1, 0.15) is 12.5 Å². The van der Waals surface area contributed by atoms with Crippen molar-refractivity contribution in [3.63, 3.8) is 0 Å². The molecule has 0 radical (unpaired) electrons. The molecule has 1 atom stereocenters. The summed E-state index contributed by atoms with van der Waals surface area (Å²) in [7, 11) is 1.77. The van der Waals surface area contributed by atoms with Crippen LogP contribution in [0.2, 0.25) is 0 Å². The molecule has 1 aromatic carbocycles. The number of aromatic nitrogens is 2. The molecule has 136 valence electrons. The standard InChI is InChI=1S/C17H23N5O2.HI/c1-13(11-22-7-3-6-21-22)9-19-17(18-2)20-10-14-4-5-15-16(8-14)24-12-23-15;/h3-8,13H,9-12H2,1-2H3,(H2,18,19,20);1H. The third kappa shape index (κ3) is 5.52. The summed E-state index contributed by atoms with van der Waals surface area (Å²) in [5.74, 6) is 2.81. The van der Waals surface area contributed by atoms with Gasteiger partial charge in [0.15, 0.2) is 17.5 Å². The molecular weight excluding hydrogens is 433 g/mol. The summed E-state index contributed by atoms with van der Waals surface area (Å²) >= 11 is 0. The summed E-state index contributed by atoms with van der Waals surface area (Å²) in [6, 6.07) is 7.88. The van der Waals surface area contributed by atoms with E-state index in [-0.39, 0.29) is 24.0 Å². The van der Waals surface area contributed by atoms with Crippen molar-refractivity contribution in [1.82, 2.24) is 20.4 Å². The van der Waals surface area contributed by atoms with E-state index in [1.807, 2.05) is 35.1 Å². The molecule has 1 aliphatic heterocycles. The molecule has 2 heterocycles. The van der Waals surface area contributed by atoms with Gasteiger partial charge in [0.05, 0.1) is 0 Å². The Labute approximate surface area is 164 Å². The molecule has 8 heteroatoms. The van der Waals surface area contributed by atoms with Crippen molar-refractivity contribution in [1.29, 1.82) is 0 Å². The molecule has 0 fully saturated rings. The van der Waals surface area contributed by atoms with Crippen LogP contribution in [0.25, 0.3) is 0 Å². The Morgan fingerprint density at radius 3 is 2.92 bits per heavy atom. The molecule has 3 rings (SSSR count). The van der Waals surface area contributed by atoms with Gasteiger partial charge in [-0.15, -0.1) is 24.0 Å². The van der Waals surface area contributed by atoms with Crippen molar-refractivity contribution in [2.45, 2.75) is 20.0 Å². The molecule has 0 saturated heterocycles. The van der Waals surface area contributed by atoms with Crippen LogP contribution in [0.4, 0.5) is 0 Å². The number of benzene rings is 1. The molecule has 1 aliphatic rings. The Balaban J connectivity index is 0.00000225. The van der Waals surface area contributed by atoms with Gasteiger partial charge < -0.3 is 20.1 Å². The lowest BCUT2D eigenvalue weighted by Gasteiger charge is -2.16. The number of nitrogens with one attached hydrogen (secondary N) is 2. The first-order chi connectivity index (χ1) is 11.7. The number of aliphatic imine (C=N–C) groups is 1. The van der Waals surface area contributed by atoms with Gasteiger partial charge in [0.2, 0.25) is 6.79 Å². The first-order valence-corrected chi connectivity index (χ1v) is 8.05. The Hall–Kier alpha value is -1.97. The number of nitrogens with zero attached hydrogens (tertiary/aromatic N) is 3. The van der Waals surface area contributed by atoms with Crippen LogP contribution >= 0.6 is 24.0 Å². The zero-order valence-corrected chi connectivity index (χ0v) is 16.8. The average Bonchev–Trinajstić information content (AvgIpc) is 3.25. The van der Waals surface area contributed by atoms with Crippen LogP contribution in [0, 0.1) is 5.92 Å². The number of rotatable bonds is 6. The summed E-state index contributed by atoms with van der Waals surface area (Å²) in [6.07, 6.45) is 3.77. The van der Waals surface area contributed by atoms with Crippen LogP contribution in [-0.2, 0) is 13.1 Å². The Morgan fingerprint density at radius 2 is 2.16 bits per heavy atom. The maximum absolute atomic E-state index is 5.40. The lowest BCUT2D eigenvalue weighted by Crippen LogP contribution is -2.39. The normalized spacial score (nSPS) is 13.9. The van der Waals surface area contributed by atoms with Gasteiger partial charge in [0, 0.05) is 39.1 Å². The lowest BCUT2D eigenvalue weighted by atomic mass is 10.2. The molecule has 2 aromatic rings. The fraction of sp³-hybridized carbons (Fsp3) is 0.412. The molecule has 0 spiro atoms. The quantitative estimate of drug-likeness (QED) is 0.396. The molecule has 7 nitrogen and oxygen atoms in total. The summed E-state index contributed by atoms with van der Waals surface area (Å²) in [6.45, 7) is 4.84. The predicted molar refractivity (Wildman–Crippen MR) is 108 cm³/mol. The predicted octanol–water partition coefficient (Wildman–Crippen LogP) is 2.23. The summed E-state index contributed by atoms with van der Waals surface area (Å²) < 4.78 is 12.7. The third-order valence-electron chi connectivity index (χ3n) is 3.80. The van der Waals surface area contributed by atoms with Gasteiger partial charge in [-0.25, -0.2) is 0 Å². The highest BCUT2D eigenvalue weighted by molar-refractivity contribution is 14.0. The minimum Gasteiger partial charge on any atom is -0.454 e. The molecule has 0 bridgehead atoms. The van der Waals surface area contributed by atoms with Crippen molar-refractivity contribution in [3.05, 3.63) is 42.2 Å². The first kappa shape index (κ1) is 19.4. The van der Waals surface area contributed by atoms with Crippen molar-refractivity contribution < 1.29 is 9.47 Å². The van der Waals surface area contributed by atoms with Gasteiger partial charge in [-0.1, -0.05) is 13.0 Å². The minimum atomic E-state index is 0. The Bertz CT molecular complexity index is 690. The minimum absolute atomic E-state index is 0. The Kier molecular flexibility index (Phi) is 7.35. The van der Waals surface area contributed by atoms with Gasteiger partial charge in [-0.2, -0.15) is 5.10 Å². The fourth-order valence-corrected chi connectivity index (χ4v) is 2.52. The zero-order chi connectivity index (χ0) is 16.8. The molecule has 0 amide bonds. The third-order valence-corrected chi connectivity index (χ3v) is 3.80. The van der Waals surface area contributed by atoms with Gasteiger partial charge >= 0.3 is 0 Å². The highest BCUT2D eigenvalue weighted by Gasteiger charge is 2.13. The number of hydrogen-bond donors (Lipinski definition) is 2. The van der Waals surface area contributed by atoms with E-state index in [9.17, 15) is 0 Å². The highest BCUT2D eigenvalue weighted by Crippen LogP contribution is 2.32. The van der Waals surface area contributed by atoms with Crippen LogP contribution in [0.15, 0.2) is 41.7 Å². The molecule has 0 saturated carbocycles. The molecule has 1 unspecified atom stereocenters. The van der Waals surface area contributed by atoms with E-state index in [4.69, 9.17) is 9.47 Å². The largest absolute Gasteiger partial charge is 0.454 e. The maximum Gasteiger partial charge on any atom is 0.231 e. The second kappa shape index (κ2) is 9.50. The van der Waals surface area contributed by atoms with Crippen molar-refractivity contribution >= 4 is 29.9 Å². The summed E-state index contributed by atoms with van der Waals surface area (Å²) in [5, 5.41) is 10.9. The van der Waals surface area contributed by atoms with Gasteiger partial charge in [0.1, 0.15) is 0 Å². The van der Waals surface area contributed by atoms with Gasteiger partial charge in [0.25, 0.3) is 0 Å². The van der Waals surface area contributed by atoms with E-state index in [1.54, 1.807) is 13.2 Å². The van der Waals surface area contributed by atoms with E-state index < -0.39 is 0 Å². The topological polar surface area (TPSA) is 72.7 Å². The van der Waals surface area contributed by atoms with E-state index in [0.29, 0.717) is 19.3 Å². The Morgan fingerprint density at radius 1 is 1.32 bits per heavy atom. The summed E-state index contributed by atoms with van der Waals surface area (Å²) in [5.41, 5.74) is 1.12. The number of ether oxygens (including phenoxy) is 2. The van der Waals surface area contributed by atoms with Gasteiger partial charge in [-0.05, 0) is 29.7 Å². The first-order valence-electron chi connectivity index (χ1n) is 8.05. The molecule has 25 heavy (non-hydrogen) atoms. The van der Waals surface area contributed by atoms with E-state index in [0.717, 1.165) is 36.1 Å². The van der Waals surface area contributed by atoms with Crippen LogP contribution in [0.3, 0.4) is 0 Å². The van der Waals surface area contributed by atoms with Crippen molar-refractivity contribution in [3.8, 4) is 11.5 Å². The smallest absolute Gasteiger partial charge is 0.231 e. The SMILES string of the molecule is CN=C(NCc1ccc2c(c1)OCO2)NCC(C)Cn1cccn1.I. The summed E-state index contributed by atoms with van der Waals surface area (Å²) in [4.78, 5) is 4.26. The van der Waals surface area contributed by atoms with Crippen molar-refractivity contribution in [2.24, 2.45) is 10.9 Å². The van der Waals surface area contributed by atoms with Crippen LogP contribution in [-0.4, -0.2) is 36.1 Å². The fourth-order valence-electron chi connectivity index (χ4n) is 2.52. The molecule has 2 N–H and O–H groups in total. The maximum atomic E-state index is 5.40. The zero-order valence-electron chi connectivity index (χ0n) is 14.4. The van der Waals surface area contributed by atoms with E-state index in [1.165, 1.54) is 0 Å². The second-order valence-corrected chi connectivity index (χ2v) is 5.83. The van der Waals surface area contributed by atoms with Crippen LogP contribution in [0.5, 0.6) is 11.5 Å². The highest BCUT2D eigenvalue weighted by atomic mass is 127. The van der Waals surface area contributed by atoms with E-state index >= 15 is 0 Å². The number of hydrogen-bond acceptors (Lipinski definition) is 4. The van der Waals surface area contributed by atoms with E-state index in [2.05, 4.69) is 27.6 Å². The molecule has 0 aliphatic carbocycles. The number of halogens is 1. The molecular formula is C17H24IN5O2. The van der Waals surface area contributed by atoms with Crippen molar-refractivity contribution in [2.75, 3.05) is 20.4 Å². The van der Waals surface area contributed by atoms with Crippen LogP contribution < -0.4 is 20.1 Å². The average molecular weight is 457 g/mol. The lowest BCUT2D eigenvalue weighted by molar-refractivity contribution is 0.174. The molecule has 1 aromatic heterocycles. The monoisotopic (exact) mass is 457 g/mol. The number of guanidine groups is 1. The second-order valence-electron chi connectivity index (χ2n) is 5.83. The number of fused-ring (bicyclic) bond motifs is 1. The van der Waals surface area contributed by atoms with Gasteiger partial charge in [-0.3, -0.25) is 9.67 Å².